The van der Waals surface area contributed by atoms with Gasteiger partial charge in [0.1, 0.15) is 10.7 Å². The van der Waals surface area contributed by atoms with Crippen molar-refractivity contribution in [3.05, 3.63) is 34.1 Å². The standard InChI is InChI=1S/C8H10FN3O4S/c9-7-2-1-6(12(13)14)5-8(7)17(15,16)11-4-3-10/h1-2,5,11H,3-4,10H2. The van der Waals surface area contributed by atoms with Gasteiger partial charge in [-0.25, -0.2) is 17.5 Å². The Morgan fingerprint density at radius 3 is 2.65 bits per heavy atom. The summed E-state index contributed by atoms with van der Waals surface area (Å²) in [5.41, 5.74) is 4.60. The fourth-order valence-electron chi connectivity index (χ4n) is 1.08. The summed E-state index contributed by atoms with van der Waals surface area (Å²) < 4.78 is 38.4. The van der Waals surface area contributed by atoms with Crippen molar-refractivity contribution in [1.29, 1.82) is 0 Å². The number of rotatable bonds is 5. The van der Waals surface area contributed by atoms with E-state index in [0.29, 0.717) is 6.07 Å². The van der Waals surface area contributed by atoms with Gasteiger partial charge in [-0.15, -0.1) is 0 Å². The normalized spacial score (nSPS) is 11.4. The van der Waals surface area contributed by atoms with Gasteiger partial charge in [-0.1, -0.05) is 0 Å². The van der Waals surface area contributed by atoms with Gasteiger partial charge in [-0.2, -0.15) is 0 Å². The number of nitrogens with two attached hydrogens (primary N) is 1. The molecule has 0 spiro atoms. The highest BCUT2D eigenvalue weighted by atomic mass is 32.2. The fraction of sp³-hybridized carbons (Fsp3) is 0.250. The van der Waals surface area contributed by atoms with Gasteiger partial charge >= 0.3 is 0 Å². The van der Waals surface area contributed by atoms with Crippen molar-refractivity contribution < 1.29 is 17.7 Å². The zero-order valence-corrected chi connectivity index (χ0v) is 9.41. The van der Waals surface area contributed by atoms with E-state index in [4.69, 9.17) is 5.73 Å². The molecule has 1 aromatic rings. The lowest BCUT2D eigenvalue weighted by Gasteiger charge is -2.06. The molecule has 0 saturated heterocycles. The molecule has 1 rings (SSSR count). The molecular formula is C8H10FN3O4S. The first-order chi connectivity index (χ1) is 7.88. The number of non-ortho nitro benzene ring substituents is 1. The molecule has 1 aromatic carbocycles. The average Bonchev–Trinajstić information content (AvgIpc) is 2.26. The molecule has 0 bridgehead atoms. The predicted octanol–water partition coefficient (Wildman–Crippen LogP) is -0.0291. The summed E-state index contributed by atoms with van der Waals surface area (Å²) in [5.74, 6) is -1.06. The van der Waals surface area contributed by atoms with E-state index in [1.807, 2.05) is 4.72 Å². The Bertz CT molecular complexity index is 532. The first kappa shape index (κ1) is 13.5. The van der Waals surface area contributed by atoms with Crippen LogP contribution in [0.15, 0.2) is 23.1 Å². The summed E-state index contributed by atoms with van der Waals surface area (Å²) in [6, 6.07) is 2.28. The largest absolute Gasteiger partial charge is 0.329 e. The lowest BCUT2D eigenvalue weighted by atomic mass is 10.3. The second-order valence-corrected chi connectivity index (χ2v) is 4.79. The SMILES string of the molecule is NCCNS(=O)(=O)c1cc([N+](=O)[O-])ccc1F. The number of benzene rings is 1. The van der Waals surface area contributed by atoms with E-state index in [9.17, 15) is 22.9 Å². The number of hydrogen-bond donors (Lipinski definition) is 2. The Morgan fingerprint density at radius 1 is 1.47 bits per heavy atom. The minimum Gasteiger partial charge on any atom is -0.329 e. The van der Waals surface area contributed by atoms with Crippen LogP contribution in [0.5, 0.6) is 0 Å². The van der Waals surface area contributed by atoms with E-state index in [1.165, 1.54) is 0 Å². The van der Waals surface area contributed by atoms with Crippen molar-refractivity contribution in [2.75, 3.05) is 13.1 Å². The summed E-state index contributed by atoms with van der Waals surface area (Å²) >= 11 is 0. The molecule has 0 saturated carbocycles. The lowest BCUT2D eigenvalue weighted by molar-refractivity contribution is -0.385. The van der Waals surface area contributed by atoms with Gasteiger partial charge < -0.3 is 5.73 Å². The molecular weight excluding hydrogens is 253 g/mol. The highest BCUT2D eigenvalue weighted by Crippen LogP contribution is 2.20. The molecule has 9 heteroatoms. The van der Waals surface area contributed by atoms with Gasteiger partial charge in [-0.3, -0.25) is 10.1 Å². The van der Waals surface area contributed by atoms with Gasteiger partial charge in [0.25, 0.3) is 5.69 Å². The molecule has 0 aliphatic heterocycles. The van der Waals surface area contributed by atoms with Crippen LogP contribution < -0.4 is 10.5 Å². The van der Waals surface area contributed by atoms with Crippen LogP contribution >= 0.6 is 0 Å². The number of nitro groups is 1. The van der Waals surface area contributed by atoms with Gasteiger partial charge in [0.05, 0.1) is 4.92 Å². The molecule has 0 radical (unpaired) electrons. The number of nitro benzene ring substituents is 1. The minimum absolute atomic E-state index is 0.0375. The van der Waals surface area contributed by atoms with Gasteiger partial charge in [0, 0.05) is 25.2 Å². The van der Waals surface area contributed by atoms with Crippen LogP contribution in [0.2, 0.25) is 0 Å². The molecule has 0 aliphatic rings. The van der Waals surface area contributed by atoms with Crippen LogP contribution in [0.25, 0.3) is 0 Å². The van der Waals surface area contributed by atoms with Crippen LogP contribution in [-0.2, 0) is 10.0 Å². The zero-order chi connectivity index (χ0) is 13.1. The Morgan fingerprint density at radius 2 is 2.12 bits per heavy atom. The highest BCUT2D eigenvalue weighted by molar-refractivity contribution is 7.89. The topological polar surface area (TPSA) is 115 Å². The maximum absolute atomic E-state index is 13.3. The van der Waals surface area contributed by atoms with Crippen LogP contribution in [0.3, 0.4) is 0 Å². The molecule has 17 heavy (non-hydrogen) atoms. The molecule has 0 aromatic heterocycles. The third-order valence-electron chi connectivity index (χ3n) is 1.85. The van der Waals surface area contributed by atoms with E-state index < -0.39 is 31.3 Å². The third kappa shape index (κ3) is 3.19. The lowest BCUT2D eigenvalue weighted by Crippen LogP contribution is -2.29. The number of nitrogens with one attached hydrogen (secondary N) is 1. The van der Waals surface area contributed by atoms with Crippen molar-refractivity contribution in [3.8, 4) is 0 Å². The van der Waals surface area contributed by atoms with Crippen LogP contribution in [0, 0.1) is 15.9 Å². The van der Waals surface area contributed by atoms with Crippen molar-refractivity contribution in [1.82, 2.24) is 4.72 Å². The highest BCUT2D eigenvalue weighted by Gasteiger charge is 2.21. The van der Waals surface area contributed by atoms with Gasteiger partial charge in [-0.05, 0) is 6.07 Å². The van der Waals surface area contributed by atoms with Crippen molar-refractivity contribution >= 4 is 15.7 Å². The molecule has 0 unspecified atom stereocenters. The molecule has 0 aliphatic carbocycles. The number of sulfonamides is 1. The number of nitrogens with zero attached hydrogens (tertiary/aromatic N) is 1. The summed E-state index contributed by atoms with van der Waals surface area (Å²) in [5, 5.41) is 10.5. The van der Waals surface area contributed by atoms with E-state index in [0.717, 1.165) is 12.1 Å². The second-order valence-electron chi connectivity index (χ2n) is 3.06. The predicted molar refractivity (Wildman–Crippen MR) is 57.3 cm³/mol. The molecule has 7 nitrogen and oxygen atoms in total. The molecule has 3 N–H and O–H groups in total. The van der Waals surface area contributed by atoms with Gasteiger partial charge in [0.15, 0.2) is 0 Å². The van der Waals surface area contributed by atoms with E-state index in [1.54, 1.807) is 0 Å². The molecule has 94 valence electrons. The minimum atomic E-state index is -4.12. The molecule has 0 amide bonds. The summed E-state index contributed by atoms with van der Waals surface area (Å²) in [4.78, 5) is 8.89. The Balaban J connectivity index is 3.20. The summed E-state index contributed by atoms with van der Waals surface area (Å²) in [6.45, 7) is -0.0414. The number of hydrogen-bond acceptors (Lipinski definition) is 5. The Kier molecular flexibility index (Phi) is 4.10. The molecule has 0 fully saturated rings. The second kappa shape index (κ2) is 5.17. The zero-order valence-electron chi connectivity index (χ0n) is 8.59. The quantitative estimate of drug-likeness (QED) is 0.571. The van der Waals surface area contributed by atoms with Crippen molar-refractivity contribution in [2.24, 2.45) is 5.73 Å². The summed E-state index contributed by atoms with van der Waals surface area (Å²) in [7, 11) is -4.12. The fourth-order valence-corrected chi connectivity index (χ4v) is 2.23. The van der Waals surface area contributed by atoms with E-state index >= 15 is 0 Å². The maximum Gasteiger partial charge on any atom is 0.270 e. The van der Waals surface area contributed by atoms with Crippen LogP contribution in [0.1, 0.15) is 0 Å². The average molecular weight is 263 g/mol. The number of halogens is 1. The van der Waals surface area contributed by atoms with Crippen molar-refractivity contribution in [2.45, 2.75) is 4.90 Å². The third-order valence-corrected chi connectivity index (χ3v) is 3.33. The first-order valence-electron chi connectivity index (χ1n) is 4.52. The smallest absolute Gasteiger partial charge is 0.270 e. The monoisotopic (exact) mass is 263 g/mol. The Labute approximate surface area is 96.6 Å². The Hall–Kier alpha value is -1.58. The van der Waals surface area contributed by atoms with Crippen LogP contribution in [-0.4, -0.2) is 26.4 Å². The molecule has 0 heterocycles. The molecule has 0 atom stereocenters. The van der Waals surface area contributed by atoms with E-state index in [2.05, 4.69) is 0 Å². The van der Waals surface area contributed by atoms with Crippen LogP contribution in [0.4, 0.5) is 10.1 Å². The van der Waals surface area contributed by atoms with Gasteiger partial charge in [0.2, 0.25) is 10.0 Å². The maximum atomic E-state index is 13.3. The summed E-state index contributed by atoms with van der Waals surface area (Å²) in [6.07, 6.45) is 0. The van der Waals surface area contributed by atoms with E-state index in [-0.39, 0.29) is 13.1 Å². The van der Waals surface area contributed by atoms with Crippen molar-refractivity contribution in [3.63, 3.8) is 0 Å². The first-order valence-corrected chi connectivity index (χ1v) is 6.00.